The van der Waals surface area contributed by atoms with E-state index in [1.807, 2.05) is 20.8 Å². The normalized spacial score (nSPS) is 16.8. The van der Waals surface area contributed by atoms with E-state index in [4.69, 9.17) is 10.00 Å². The van der Waals surface area contributed by atoms with Crippen LogP contribution in [0.2, 0.25) is 0 Å². The first-order valence-corrected chi connectivity index (χ1v) is 6.21. The SMILES string of the molecule is CCNC(C)(C#N)CC(C)OCCC(C)C. The van der Waals surface area contributed by atoms with Gasteiger partial charge in [-0.2, -0.15) is 5.26 Å². The van der Waals surface area contributed by atoms with Crippen molar-refractivity contribution in [2.24, 2.45) is 5.92 Å². The van der Waals surface area contributed by atoms with Gasteiger partial charge in [0.2, 0.25) is 0 Å². The van der Waals surface area contributed by atoms with Crippen molar-refractivity contribution >= 4 is 0 Å². The minimum Gasteiger partial charge on any atom is -0.378 e. The van der Waals surface area contributed by atoms with Gasteiger partial charge in [0.05, 0.1) is 12.2 Å². The van der Waals surface area contributed by atoms with Crippen LogP contribution in [0.15, 0.2) is 0 Å². The Bertz CT molecular complexity index is 222. The van der Waals surface area contributed by atoms with Crippen molar-refractivity contribution in [2.45, 2.75) is 59.1 Å². The molecule has 0 aliphatic heterocycles. The molecule has 0 aliphatic rings. The molecule has 0 saturated heterocycles. The molecule has 0 aromatic rings. The highest BCUT2D eigenvalue weighted by Crippen LogP contribution is 2.14. The lowest BCUT2D eigenvalue weighted by molar-refractivity contribution is 0.0416. The van der Waals surface area contributed by atoms with Gasteiger partial charge >= 0.3 is 0 Å². The van der Waals surface area contributed by atoms with E-state index in [-0.39, 0.29) is 6.10 Å². The number of nitriles is 1. The van der Waals surface area contributed by atoms with Gasteiger partial charge in [-0.15, -0.1) is 0 Å². The van der Waals surface area contributed by atoms with Crippen LogP contribution in [0.5, 0.6) is 0 Å². The van der Waals surface area contributed by atoms with Crippen LogP contribution >= 0.6 is 0 Å². The highest BCUT2D eigenvalue weighted by Gasteiger charge is 2.25. The molecule has 0 aliphatic carbocycles. The van der Waals surface area contributed by atoms with Gasteiger partial charge in [-0.1, -0.05) is 20.8 Å². The van der Waals surface area contributed by atoms with Crippen LogP contribution in [-0.2, 0) is 4.74 Å². The number of rotatable bonds is 8. The second kappa shape index (κ2) is 7.65. The van der Waals surface area contributed by atoms with E-state index < -0.39 is 5.54 Å². The Morgan fingerprint density at radius 2 is 2.00 bits per heavy atom. The molecule has 94 valence electrons. The smallest absolute Gasteiger partial charge is 0.106 e. The topological polar surface area (TPSA) is 45.0 Å². The first-order valence-electron chi connectivity index (χ1n) is 6.21. The summed E-state index contributed by atoms with van der Waals surface area (Å²) in [5, 5.41) is 12.3. The molecular weight excluding hydrogens is 200 g/mol. The predicted molar refractivity (Wildman–Crippen MR) is 67.2 cm³/mol. The Balaban J connectivity index is 3.92. The van der Waals surface area contributed by atoms with E-state index in [0.29, 0.717) is 5.92 Å². The third-order valence-electron chi connectivity index (χ3n) is 2.61. The van der Waals surface area contributed by atoms with Crippen LogP contribution < -0.4 is 5.32 Å². The van der Waals surface area contributed by atoms with E-state index >= 15 is 0 Å². The van der Waals surface area contributed by atoms with Gasteiger partial charge in [0, 0.05) is 13.0 Å². The van der Waals surface area contributed by atoms with Gasteiger partial charge in [0.1, 0.15) is 5.54 Å². The third kappa shape index (κ3) is 6.81. The molecule has 2 atom stereocenters. The fourth-order valence-corrected chi connectivity index (χ4v) is 1.69. The standard InChI is InChI=1S/C13H26N2O/c1-6-15-13(5,10-14)9-12(4)16-8-7-11(2)3/h11-12,15H,6-9H2,1-5H3. The summed E-state index contributed by atoms with van der Waals surface area (Å²) in [5.74, 6) is 0.670. The molecule has 3 heteroatoms. The Morgan fingerprint density at radius 1 is 1.38 bits per heavy atom. The molecule has 3 nitrogen and oxygen atoms in total. The van der Waals surface area contributed by atoms with Crippen molar-refractivity contribution < 1.29 is 4.74 Å². The van der Waals surface area contributed by atoms with E-state index in [0.717, 1.165) is 26.0 Å². The lowest BCUT2D eigenvalue weighted by Gasteiger charge is -2.26. The monoisotopic (exact) mass is 226 g/mol. The maximum Gasteiger partial charge on any atom is 0.106 e. The fourth-order valence-electron chi connectivity index (χ4n) is 1.69. The van der Waals surface area contributed by atoms with Crippen LogP contribution in [-0.4, -0.2) is 24.8 Å². The molecule has 0 fully saturated rings. The number of hydrogen-bond donors (Lipinski definition) is 1. The number of nitrogens with one attached hydrogen (secondary N) is 1. The van der Waals surface area contributed by atoms with Crippen molar-refractivity contribution in [3.05, 3.63) is 0 Å². The average molecular weight is 226 g/mol. The predicted octanol–water partition coefficient (Wildman–Crippen LogP) is 2.72. The Kier molecular flexibility index (Phi) is 7.36. The van der Waals surface area contributed by atoms with Crippen molar-refractivity contribution in [1.29, 1.82) is 5.26 Å². The first-order chi connectivity index (χ1) is 7.43. The lowest BCUT2D eigenvalue weighted by Crippen LogP contribution is -2.43. The summed E-state index contributed by atoms with van der Waals surface area (Å²) in [6.45, 7) is 11.9. The van der Waals surface area contributed by atoms with Crippen molar-refractivity contribution in [3.63, 3.8) is 0 Å². The van der Waals surface area contributed by atoms with E-state index in [9.17, 15) is 0 Å². The minimum absolute atomic E-state index is 0.127. The molecule has 0 aromatic heterocycles. The van der Waals surface area contributed by atoms with Gasteiger partial charge < -0.3 is 4.74 Å². The Hall–Kier alpha value is -0.590. The van der Waals surface area contributed by atoms with Gasteiger partial charge in [0.15, 0.2) is 0 Å². The molecule has 0 bridgehead atoms. The molecule has 1 N–H and O–H groups in total. The summed E-state index contributed by atoms with van der Waals surface area (Å²) in [6.07, 6.45) is 1.94. The molecule has 0 saturated carbocycles. The second-order valence-electron chi connectivity index (χ2n) is 5.04. The maximum atomic E-state index is 9.11. The van der Waals surface area contributed by atoms with Crippen LogP contribution in [0, 0.1) is 17.2 Å². The molecule has 16 heavy (non-hydrogen) atoms. The zero-order valence-corrected chi connectivity index (χ0v) is 11.3. The highest BCUT2D eigenvalue weighted by molar-refractivity contribution is 5.04. The van der Waals surface area contributed by atoms with Crippen molar-refractivity contribution in [1.82, 2.24) is 5.32 Å². The van der Waals surface area contributed by atoms with Crippen LogP contribution in [0.1, 0.15) is 47.5 Å². The minimum atomic E-state index is -0.466. The van der Waals surface area contributed by atoms with Gasteiger partial charge in [-0.05, 0) is 32.7 Å². The summed E-state index contributed by atoms with van der Waals surface area (Å²) < 4.78 is 5.71. The summed E-state index contributed by atoms with van der Waals surface area (Å²) in [6, 6.07) is 2.32. The van der Waals surface area contributed by atoms with Crippen LogP contribution in [0.3, 0.4) is 0 Å². The Morgan fingerprint density at radius 3 is 2.44 bits per heavy atom. The van der Waals surface area contributed by atoms with Crippen molar-refractivity contribution in [2.75, 3.05) is 13.2 Å². The summed E-state index contributed by atoms with van der Waals surface area (Å²) >= 11 is 0. The zero-order valence-electron chi connectivity index (χ0n) is 11.3. The number of hydrogen-bond acceptors (Lipinski definition) is 3. The van der Waals surface area contributed by atoms with Gasteiger partial charge in [-0.3, -0.25) is 5.32 Å². The molecule has 0 spiro atoms. The molecule has 0 radical (unpaired) electrons. The molecule has 0 amide bonds. The second-order valence-corrected chi connectivity index (χ2v) is 5.04. The number of ether oxygens (including phenoxy) is 1. The Labute approximate surface area is 100 Å². The van der Waals surface area contributed by atoms with Crippen LogP contribution in [0.25, 0.3) is 0 Å². The molecule has 2 unspecified atom stereocenters. The fraction of sp³-hybridized carbons (Fsp3) is 0.923. The summed E-state index contributed by atoms with van der Waals surface area (Å²) in [7, 11) is 0. The molecule has 0 rings (SSSR count). The van der Waals surface area contributed by atoms with E-state index in [2.05, 4.69) is 25.2 Å². The van der Waals surface area contributed by atoms with E-state index in [1.165, 1.54) is 0 Å². The van der Waals surface area contributed by atoms with Gasteiger partial charge in [0.25, 0.3) is 0 Å². The highest BCUT2D eigenvalue weighted by atomic mass is 16.5. The largest absolute Gasteiger partial charge is 0.378 e. The molecule has 0 aromatic carbocycles. The average Bonchev–Trinajstić information content (AvgIpc) is 2.17. The summed E-state index contributed by atoms with van der Waals surface area (Å²) in [4.78, 5) is 0. The number of nitrogens with zero attached hydrogens (tertiary/aromatic N) is 1. The third-order valence-corrected chi connectivity index (χ3v) is 2.61. The summed E-state index contributed by atoms with van der Waals surface area (Å²) in [5.41, 5.74) is -0.466. The zero-order chi connectivity index (χ0) is 12.6. The maximum absolute atomic E-state index is 9.11. The first kappa shape index (κ1) is 15.4. The van der Waals surface area contributed by atoms with E-state index in [1.54, 1.807) is 0 Å². The quantitative estimate of drug-likeness (QED) is 0.692. The van der Waals surface area contributed by atoms with Crippen molar-refractivity contribution in [3.8, 4) is 6.07 Å². The van der Waals surface area contributed by atoms with Gasteiger partial charge in [-0.25, -0.2) is 0 Å². The molecule has 0 heterocycles. The molecular formula is C13H26N2O. The lowest BCUT2D eigenvalue weighted by atomic mass is 9.96. The van der Waals surface area contributed by atoms with Crippen LogP contribution in [0.4, 0.5) is 0 Å².